The minimum atomic E-state index is -0.416. The third-order valence-corrected chi connectivity index (χ3v) is 4.36. The van der Waals surface area contributed by atoms with E-state index < -0.39 is 6.04 Å². The summed E-state index contributed by atoms with van der Waals surface area (Å²) in [7, 11) is 1.73. The molecular formula is C16H21Cl2NO3. The van der Waals surface area contributed by atoms with Gasteiger partial charge in [0.15, 0.2) is 0 Å². The van der Waals surface area contributed by atoms with Crippen molar-refractivity contribution in [3.63, 3.8) is 0 Å². The number of carbonyl (C=O) groups excluding carboxylic acids is 1. The predicted molar refractivity (Wildman–Crippen MR) is 87.5 cm³/mol. The van der Waals surface area contributed by atoms with Gasteiger partial charge in [-0.1, -0.05) is 29.3 Å². The number of hydrogen-bond acceptors (Lipinski definition) is 4. The van der Waals surface area contributed by atoms with Crippen LogP contribution in [0.1, 0.15) is 18.9 Å². The van der Waals surface area contributed by atoms with E-state index in [1.54, 1.807) is 13.1 Å². The Labute approximate surface area is 141 Å². The van der Waals surface area contributed by atoms with E-state index in [1.165, 1.54) is 0 Å². The van der Waals surface area contributed by atoms with Gasteiger partial charge in [-0.2, -0.15) is 0 Å². The summed E-state index contributed by atoms with van der Waals surface area (Å²) in [6.45, 7) is 2.79. The molecule has 0 amide bonds. The zero-order valence-electron chi connectivity index (χ0n) is 12.8. The summed E-state index contributed by atoms with van der Waals surface area (Å²) >= 11 is 12.2. The Kier molecular flexibility index (Phi) is 6.50. The molecule has 1 aliphatic rings. The lowest BCUT2D eigenvalue weighted by Gasteiger charge is -2.20. The largest absolute Gasteiger partial charge is 0.461 e. The molecule has 1 N–H and O–H groups in total. The summed E-state index contributed by atoms with van der Waals surface area (Å²) in [4.78, 5) is 11.9. The van der Waals surface area contributed by atoms with Crippen molar-refractivity contribution in [2.45, 2.75) is 31.9 Å². The maximum absolute atomic E-state index is 11.9. The van der Waals surface area contributed by atoms with E-state index in [0.29, 0.717) is 23.3 Å². The lowest BCUT2D eigenvalue weighted by atomic mass is 9.94. The van der Waals surface area contributed by atoms with E-state index in [1.807, 2.05) is 19.1 Å². The molecule has 0 saturated carbocycles. The summed E-state index contributed by atoms with van der Waals surface area (Å²) < 4.78 is 11.1. The van der Waals surface area contributed by atoms with E-state index in [2.05, 4.69) is 5.32 Å². The highest BCUT2D eigenvalue weighted by atomic mass is 35.5. The van der Waals surface area contributed by atoms with E-state index in [9.17, 15) is 4.79 Å². The molecule has 1 aromatic rings. The summed E-state index contributed by atoms with van der Waals surface area (Å²) in [6.07, 6.45) is 1.35. The zero-order chi connectivity index (χ0) is 16.1. The molecular weight excluding hydrogens is 325 g/mol. The van der Waals surface area contributed by atoms with Crippen LogP contribution < -0.4 is 5.32 Å². The Hall–Kier alpha value is -0.810. The fourth-order valence-corrected chi connectivity index (χ4v) is 3.11. The van der Waals surface area contributed by atoms with E-state index >= 15 is 0 Å². The first kappa shape index (κ1) is 17.5. The topological polar surface area (TPSA) is 47.6 Å². The van der Waals surface area contributed by atoms with Crippen molar-refractivity contribution in [1.82, 2.24) is 5.32 Å². The molecule has 6 heteroatoms. The SMILES string of the molecule is CN[C@H]1COCC(Cc2ccc(Cl)cc2Cl)CC(C)OC1=O. The molecule has 0 spiro atoms. The van der Waals surface area contributed by atoms with Gasteiger partial charge in [0.05, 0.1) is 12.7 Å². The Morgan fingerprint density at radius 2 is 2.09 bits per heavy atom. The minimum absolute atomic E-state index is 0.152. The number of halogens is 2. The second kappa shape index (κ2) is 8.16. The first-order valence-electron chi connectivity index (χ1n) is 7.39. The number of carbonyl (C=O) groups is 1. The Balaban J connectivity index is 2.05. The third-order valence-electron chi connectivity index (χ3n) is 3.78. The van der Waals surface area contributed by atoms with Crippen molar-refractivity contribution in [1.29, 1.82) is 0 Å². The summed E-state index contributed by atoms with van der Waals surface area (Å²) in [6, 6.07) is 5.10. The average molecular weight is 346 g/mol. The van der Waals surface area contributed by atoms with Crippen molar-refractivity contribution in [2.75, 3.05) is 20.3 Å². The number of nitrogens with one attached hydrogen (secondary N) is 1. The second-order valence-corrected chi connectivity index (χ2v) is 6.51. The number of hydrogen-bond donors (Lipinski definition) is 1. The fraction of sp³-hybridized carbons (Fsp3) is 0.562. The van der Waals surface area contributed by atoms with Crippen molar-refractivity contribution in [3.8, 4) is 0 Å². The lowest BCUT2D eigenvalue weighted by molar-refractivity contribution is -0.151. The van der Waals surface area contributed by atoms with Gasteiger partial charge in [-0.15, -0.1) is 0 Å². The standard InChI is InChI=1S/C16H21Cl2NO3/c1-10-5-11(6-12-3-4-13(17)7-14(12)18)8-21-9-15(19-2)16(20)22-10/h3-4,7,10-11,15,19H,5-6,8-9H2,1-2H3/t10?,11?,15-/m0/s1. The Morgan fingerprint density at radius 1 is 1.32 bits per heavy atom. The van der Waals surface area contributed by atoms with Gasteiger partial charge in [0.2, 0.25) is 0 Å². The predicted octanol–water partition coefficient (Wildman–Crippen LogP) is 3.09. The normalized spacial score (nSPS) is 26.7. The van der Waals surface area contributed by atoms with Gasteiger partial charge in [0.1, 0.15) is 6.04 Å². The third kappa shape index (κ3) is 4.85. The van der Waals surface area contributed by atoms with Crippen LogP contribution in [0.5, 0.6) is 0 Å². The van der Waals surface area contributed by atoms with E-state index in [-0.39, 0.29) is 18.0 Å². The van der Waals surface area contributed by atoms with Crippen LogP contribution in [-0.2, 0) is 20.7 Å². The van der Waals surface area contributed by atoms with Crippen LogP contribution in [-0.4, -0.2) is 38.4 Å². The Bertz CT molecular complexity index is 524. The molecule has 4 nitrogen and oxygen atoms in total. The molecule has 1 aliphatic heterocycles. The lowest BCUT2D eigenvalue weighted by Crippen LogP contribution is -2.40. The molecule has 0 aliphatic carbocycles. The summed E-state index contributed by atoms with van der Waals surface area (Å²) in [5.41, 5.74) is 1.03. The molecule has 2 unspecified atom stereocenters. The Morgan fingerprint density at radius 3 is 2.77 bits per heavy atom. The van der Waals surface area contributed by atoms with Crippen LogP contribution in [0.15, 0.2) is 18.2 Å². The van der Waals surface area contributed by atoms with Gasteiger partial charge in [-0.25, -0.2) is 0 Å². The number of ether oxygens (including phenoxy) is 2. The first-order valence-corrected chi connectivity index (χ1v) is 8.14. The van der Waals surface area contributed by atoms with Crippen LogP contribution in [0.3, 0.4) is 0 Å². The van der Waals surface area contributed by atoms with Gasteiger partial charge in [0, 0.05) is 16.7 Å². The number of likely N-dealkylation sites (N-methyl/N-ethyl adjacent to an activating group) is 1. The van der Waals surface area contributed by atoms with Crippen molar-refractivity contribution in [2.24, 2.45) is 5.92 Å². The molecule has 0 bridgehead atoms. The van der Waals surface area contributed by atoms with Gasteiger partial charge in [0.25, 0.3) is 0 Å². The minimum Gasteiger partial charge on any atom is -0.461 e. The van der Waals surface area contributed by atoms with Crippen molar-refractivity contribution in [3.05, 3.63) is 33.8 Å². The summed E-state index contributed by atoms with van der Waals surface area (Å²) in [5, 5.41) is 4.20. The van der Waals surface area contributed by atoms with Crippen LogP contribution in [0.4, 0.5) is 0 Å². The average Bonchev–Trinajstić information content (AvgIpc) is 2.51. The molecule has 122 valence electrons. The quantitative estimate of drug-likeness (QED) is 0.855. The highest BCUT2D eigenvalue weighted by Crippen LogP contribution is 2.26. The molecule has 1 aromatic carbocycles. The highest BCUT2D eigenvalue weighted by molar-refractivity contribution is 6.35. The van der Waals surface area contributed by atoms with Crippen molar-refractivity contribution < 1.29 is 14.3 Å². The molecule has 2 rings (SSSR count). The van der Waals surface area contributed by atoms with Crippen LogP contribution in [0, 0.1) is 5.92 Å². The highest BCUT2D eigenvalue weighted by Gasteiger charge is 2.26. The number of esters is 1. The van der Waals surface area contributed by atoms with Gasteiger partial charge >= 0.3 is 5.97 Å². The smallest absolute Gasteiger partial charge is 0.325 e. The molecule has 1 heterocycles. The molecule has 22 heavy (non-hydrogen) atoms. The number of benzene rings is 1. The van der Waals surface area contributed by atoms with Gasteiger partial charge in [-0.05, 0) is 50.4 Å². The maximum atomic E-state index is 11.9. The molecule has 3 atom stereocenters. The molecule has 1 fully saturated rings. The number of rotatable bonds is 3. The van der Waals surface area contributed by atoms with E-state index in [4.69, 9.17) is 32.7 Å². The van der Waals surface area contributed by atoms with Gasteiger partial charge in [-0.3, -0.25) is 4.79 Å². The van der Waals surface area contributed by atoms with Crippen LogP contribution in [0.25, 0.3) is 0 Å². The van der Waals surface area contributed by atoms with Crippen molar-refractivity contribution >= 4 is 29.2 Å². The molecule has 1 saturated heterocycles. The van der Waals surface area contributed by atoms with Crippen LogP contribution in [0.2, 0.25) is 10.0 Å². The summed E-state index contributed by atoms with van der Waals surface area (Å²) in [5.74, 6) is -0.0303. The first-order chi connectivity index (χ1) is 10.5. The van der Waals surface area contributed by atoms with Gasteiger partial charge < -0.3 is 14.8 Å². The monoisotopic (exact) mass is 345 g/mol. The second-order valence-electron chi connectivity index (χ2n) is 5.67. The van der Waals surface area contributed by atoms with E-state index in [0.717, 1.165) is 18.4 Å². The fourth-order valence-electron chi connectivity index (χ4n) is 2.63. The molecule has 0 aromatic heterocycles. The molecule has 0 radical (unpaired) electrons. The maximum Gasteiger partial charge on any atom is 0.325 e. The zero-order valence-corrected chi connectivity index (χ0v) is 14.3. The number of cyclic esters (lactones) is 1. The van der Waals surface area contributed by atoms with Crippen LogP contribution >= 0.6 is 23.2 Å².